The number of carbonyl (C=O) groups excluding carboxylic acids is 1. The zero-order chi connectivity index (χ0) is 21.2. The maximum Gasteiger partial charge on any atom is 0.291 e. The number of amides is 1. The van der Waals surface area contributed by atoms with Gasteiger partial charge in [-0.15, -0.1) is 24.0 Å². The fourth-order valence-electron chi connectivity index (χ4n) is 3.11. The molecule has 2 aromatic carbocycles. The molecule has 0 atom stereocenters. The van der Waals surface area contributed by atoms with E-state index in [1.165, 1.54) is 17.4 Å². The lowest BCUT2D eigenvalue weighted by molar-refractivity contribution is 0.0996. The summed E-state index contributed by atoms with van der Waals surface area (Å²) in [5.41, 5.74) is 4.31. The third-order valence-corrected chi connectivity index (χ3v) is 4.64. The molecule has 1 amide bonds. The Kier molecular flexibility index (Phi) is 10.1. The van der Waals surface area contributed by atoms with Crippen LogP contribution in [0.2, 0.25) is 0 Å². The van der Waals surface area contributed by atoms with E-state index in [0.717, 1.165) is 31.0 Å². The van der Waals surface area contributed by atoms with E-state index in [1.54, 1.807) is 12.1 Å². The van der Waals surface area contributed by atoms with Gasteiger partial charge in [-0.2, -0.15) is 0 Å². The summed E-state index contributed by atoms with van der Waals surface area (Å²) in [6.07, 6.45) is 2.48. The molecule has 6 nitrogen and oxygen atoms in total. The van der Waals surface area contributed by atoms with Gasteiger partial charge in [-0.1, -0.05) is 43.3 Å². The topological polar surface area (TPSA) is 78.7 Å². The first-order valence-electron chi connectivity index (χ1n) is 10.2. The first-order valence-corrected chi connectivity index (χ1v) is 10.2. The Morgan fingerprint density at radius 3 is 2.48 bits per heavy atom. The lowest BCUT2D eigenvalue weighted by atomic mass is 10.1. The Bertz CT molecular complexity index is 987. The van der Waals surface area contributed by atoms with Gasteiger partial charge in [-0.3, -0.25) is 4.79 Å². The van der Waals surface area contributed by atoms with Gasteiger partial charge in [-0.05, 0) is 54.3 Å². The molecule has 164 valence electrons. The molecule has 31 heavy (non-hydrogen) atoms. The Hall–Kier alpha value is -2.81. The highest BCUT2D eigenvalue weighted by Crippen LogP contribution is 2.14. The monoisotopic (exact) mass is 532 g/mol. The number of aliphatic imine (C=N–C) groups is 1. The predicted molar refractivity (Wildman–Crippen MR) is 136 cm³/mol. The van der Waals surface area contributed by atoms with Gasteiger partial charge in [0.1, 0.15) is 0 Å². The third-order valence-electron chi connectivity index (χ3n) is 4.64. The molecule has 0 saturated carbocycles. The van der Waals surface area contributed by atoms with Crippen LogP contribution < -0.4 is 16.0 Å². The summed E-state index contributed by atoms with van der Waals surface area (Å²) in [5.74, 6) is 0.767. The normalized spacial score (nSPS) is 10.8. The average Bonchev–Trinajstić information content (AvgIpc) is 3.31. The SMILES string of the molecule is CCNC(=NCc1cccc(NC(=O)c2ccco2)c1)NCc1ccccc1CC.I. The number of aryl methyl sites for hydroxylation is 1. The number of furan rings is 1. The minimum absolute atomic E-state index is 0. The van der Waals surface area contributed by atoms with Gasteiger partial charge in [0.05, 0.1) is 12.8 Å². The summed E-state index contributed by atoms with van der Waals surface area (Å²) in [6.45, 7) is 6.20. The highest BCUT2D eigenvalue weighted by molar-refractivity contribution is 14.0. The second-order valence-electron chi connectivity index (χ2n) is 6.80. The minimum atomic E-state index is -0.273. The zero-order valence-corrected chi connectivity index (χ0v) is 20.2. The van der Waals surface area contributed by atoms with Crippen molar-refractivity contribution in [2.24, 2.45) is 4.99 Å². The Labute approximate surface area is 200 Å². The molecule has 0 aliphatic heterocycles. The molecule has 1 heterocycles. The van der Waals surface area contributed by atoms with Crippen molar-refractivity contribution in [1.82, 2.24) is 10.6 Å². The van der Waals surface area contributed by atoms with E-state index in [-0.39, 0.29) is 35.6 Å². The molecule has 3 aromatic rings. The molecular weight excluding hydrogens is 503 g/mol. The third kappa shape index (κ3) is 7.43. The number of hydrogen-bond acceptors (Lipinski definition) is 3. The van der Waals surface area contributed by atoms with E-state index >= 15 is 0 Å². The van der Waals surface area contributed by atoms with Crippen LogP contribution in [0.4, 0.5) is 5.69 Å². The summed E-state index contributed by atoms with van der Waals surface area (Å²) >= 11 is 0. The first-order chi connectivity index (χ1) is 14.7. The zero-order valence-electron chi connectivity index (χ0n) is 17.9. The number of nitrogens with one attached hydrogen (secondary N) is 3. The van der Waals surface area contributed by atoms with Crippen molar-refractivity contribution >= 4 is 41.5 Å². The lowest BCUT2D eigenvalue weighted by Crippen LogP contribution is -2.37. The smallest absolute Gasteiger partial charge is 0.291 e. The van der Waals surface area contributed by atoms with Crippen LogP contribution in [0.15, 0.2) is 76.3 Å². The molecule has 0 aliphatic rings. The molecule has 0 radical (unpaired) electrons. The van der Waals surface area contributed by atoms with Gasteiger partial charge >= 0.3 is 0 Å². The van der Waals surface area contributed by atoms with Crippen LogP contribution in [0.1, 0.15) is 41.1 Å². The van der Waals surface area contributed by atoms with Crippen molar-refractivity contribution in [2.75, 3.05) is 11.9 Å². The number of anilines is 1. The molecule has 0 unspecified atom stereocenters. The predicted octanol–water partition coefficient (Wildman–Crippen LogP) is 4.97. The van der Waals surface area contributed by atoms with Crippen LogP contribution in [0, 0.1) is 0 Å². The van der Waals surface area contributed by atoms with Crippen molar-refractivity contribution < 1.29 is 9.21 Å². The number of rotatable bonds is 8. The molecule has 3 N–H and O–H groups in total. The fourth-order valence-corrected chi connectivity index (χ4v) is 3.11. The average molecular weight is 532 g/mol. The molecule has 0 aliphatic carbocycles. The molecular formula is C24H29IN4O2. The molecule has 0 bridgehead atoms. The van der Waals surface area contributed by atoms with E-state index in [9.17, 15) is 4.79 Å². The second kappa shape index (κ2) is 12.8. The van der Waals surface area contributed by atoms with Crippen molar-refractivity contribution in [3.8, 4) is 0 Å². The van der Waals surface area contributed by atoms with Gasteiger partial charge in [-0.25, -0.2) is 4.99 Å². The Morgan fingerprint density at radius 2 is 1.77 bits per heavy atom. The van der Waals surface area contributed by atoms with E-state index < -0.39 is 0 Å². The number of carbonyl (C=O) groups is 1. The standard InChI is InChI=1S/C24H28N4O2.HI/c1-3-19-10-5-6-11-20(19)17-27-24(25-4-2)26-16-18-9-7-12-21(15-18)28-23(29)22-13-8-14-30-22;/h5-15H,3-4,16-17H2,1-2H3,(H,28,29)(H2,25,26,27);1H. The van der Waals surface area contributed by atoms with Crippen LogP contribution >= 0.6 is 24.0 Å². The largest absolute Gasteiger partial charge is 0.459 e. The van der Waals surface area contributed by atoms with E-state index in [2.05, 4.69) is 52.1 Å². The van der Waals surface area contributed by atoms with Crippen molar-refractivity contribution in [3.05, 3.63) is 89.4 Å². The summed E-state index contributed by atoms with van der Waals surface area (Å²) in [4.78, 5) is 16.8. The number of guanidine groups is 1. The summed E-state index contributed by atoms with van der Waals surface area (Å²) < 4.78 is 5.13. The van der Waals surface area contributed by atoms with E-state index in [0.29, 0.717) is 12.2 Å². The molecule has 0 spiro atoms. The quantitative estimate of drug-likeness (QED) is 0.218. The number of benzene rings is 2. The Morgan fingerprint density at radius 1 is 0.968 bits per heavy atom. The van der Waals surface area contributed by atoms with Gasteiger partial charge in [0.25, 0.3) is 5.91 Å². The molecule has 3 rings (SSSR count). The van der Waals surface area contributed by atoms with Crippen LogP contribution in [-0.2, 0) is 19.5 Å². The summed E-state index contributed by atoms with van der Waals surface area (Å²) in [5, 5.41) is 9.53. The summed E-state index contributed by atoms with van der Waals surface area (Å²) in [6, 6.07) is 19.4. The van der Waals surface area contributed by atoms with Crippen LogP contribution in [-0.4, -0.2) is 18.4 Å². The number of nitrogens with zero attached hydrogens (tertiary/aromatic N) is 1. The lowest BCUT2D eigenvalue weighted by Gasteiger charge is -2.13. The maximum atomic E-state index is 12.2. The van der Waals surface area contributed by atoms with Crippen molar-refractivity contribution in [2.45, 2.75) is 33.4 Å². The number of hydrogen-bond donors (Lipinski definition) is 3. The van der Waals surface area contributed by atoms with Crippen molar-refractivity contribution in [3.63, 3.8) is 0 Å². The molecule has 1 aromatic heterocycles. The first kappa shape index (κ1) is 24.5. The van der Waals surface area contributed by atoms with E-state index in [4.69, 9.17) is 4.42 Å². The van der Waals surface area contributed by atoms with Gasteiger partial charge < -0.3 is 20.4 Å². The van der Waals surface area contributed by atoms with E-state index in [1.807, 2.05) is 31.2 Å². The van der Waals surface area contributed by atoms with Crippen molar-refractivity contribution in [1.29, 1.82) is 0 Å². The summed E-state index contributed by atoms with van der Waals surface area (Å²) in [7, 11) is 0. The number of halogens is 1. The molecule has 0 saturated heterocycles. The second-order valence-corrected chi connectivity index (χ2v) is 6.80. The molecule has 0 fully saturated rings. The Balaban J connectivity index is 0.00000341. The maximum absolute atomic E-state index is 12.2. The van der Waals surface area contributed by atoms with Crippen LogP contribution in [0.3, 0.4) is 0 Å². The highest BCUT2D eigenvalue weighted by Gasteiger charge is 2.09. The minimum Gasteiger partial charge on any atom is -0.459 e. The van der Waals surface area contributed by atoms with Crippen LogP contribution in [0.5, 0.6) is 0 Å². The van der Waals surface area contributed by atoms with Crippen LogP contribution in [0.25, 0.3) is 0 Å². The van der Waals surface area contributed by atoms with Gasteiger partial charge in [0.2, 0.25) is 0 Å². The van der Waals surface area contributed by atoms with Gasteiger partial charge in [0.15, 0.2) is 11.7 Å². The van der Waals surface area contributed by atoms with Gasteiger partial charge in [0, 0.05) is 18.8 Å². The highest BCUT2D eigenvalue weighted by atomic mass is 127. The fraction of sp³-hybridized carbons (Fsp3) is 0.250. The molecule has 7 heteroatoms.